The normalized spacial score (nSPS) is 12.6. The number of nitrogens with one attached hydrogen (secondary N) is 2. The van der Waals surface area contributed by atoms with Gasteiger partial charge in [0.2, 0.25) is 10.0 Å². The van der Waals surface area contributed by atoms with Crippen LogP contribution in [0.5, 0.6) is 0 Å². The lowest BCUT2D eigenvalue weighted by Crippen LogP contribution is -2.38. The van der Waals surface area contributed by atoms with E-state index in [1.54, 1.807) is 39.0 Å². The lowest BCUT2D eigenvalue weighted by atomic mass is 9.95. The van der Waals surface area contributed by atoms with E-state index in [9.17, 15) is 27.6 Å². The average Bonchev–Trinajstić information content (AvgIpc) is 3.54. The molecule has 1 aliphatic carbocycles. The van der Waals surface area contributed by atoms with Crippen LogP contribution in [0.2, 0.25) is 0 Å². The monoisotopic (exact) mass is 773 g/mol. The van der Waals surface area contributed by atoms with Gasteiger partial charge in [0, 0.05) is 35.1 Å². The lowest BCUT2D eigenvalue weighted by Gasteiger charge is -2.26. The maximum atomic E-state index is 13.9. The summed E-state index contributed by atoms with van der Waals surface area (Å²) < 4.78 is 38.5. The van der Waals surface area contributed by atoms with E-state index in [2.05, 4.69) is 10.6 Å². The number of fused-ring (bicyclic) bond motifs is 1. The second-order valence-corrected chi connectivity index (χ2v) is 16.4. The minimum atomic E-state index is -4.00. The number of carbonyl (C=O) groups is 4. The number of thiophene rings is 1. The maximum absolute atomic E-state index is 13.9. The molecule has 2 N–H and O–H groups in total. The fourth-order valence-corrected chi connectivity index (χ4v) is 9.44. The number of amides is 2. The fraction of sp³-hybridized carbons (Fsp3) is 0.366. The molecule has 0 saturated heterocycles. The number of aryl methyl sites for hydroxylation is 3. The molecule has 54 heavy (non-hydrogen) atoms. The van der Waals surface area contributed by atoms with E-state index in [-0.39, 0.29) is 53.9 Å². The van der Waals surface area contributed by atoms with Crippen LogP contribution in [0.15, 0.2) is 77.7 Å². The van der Waals surface area contributed by atoms with Gasteiger partial charge < -0.3 is 20.1 Å². The highest BCUT2D eigenvalue weighted by Crippen LogP contribution is 2.39. The van der Waals surface area contributed by atoms with Crippen molar-refractivity contribution in [2.45, 2.75) is 83.1 Å². The van der Waals surface area contributed by atoms with Crippen LogP contribution in [-0.2, 0) is 50.0 Å². The molecule has 0 bridgehead atoms. The number of ether oxygens (including phenoxy) is 2. The third-order valence-corrected chi connectivity index (χ3v) is 12.5. The summed E-state index contributed by atoms with van der Waals surface area (Å²) in [6, 6.07) is 20.4. The van der Waals surface area contributed by atoms with Crippen LogP contribution < -0.4 is 10.6 Å². The van der Waals surface area contributed by atoms with Crippen molar-refractivity contribution in [3.8, 4) is 0 Å². The molecule has 2 amide bonds. The van der Waals surface area contributed by atoms with Crippen LogP contribution in [0.3, 0.4) is 0 Å². The fourth-order valence-electron chi connectivity index (χ4n) is 6.43. The minimum absolute atomic E-state index is 0.0386. The zero-order chi connectivity index (χ0) is 38.8. The van der Waals surface area contributed by atoms with E-state index in [0.717, 1.165) is 60.1 Å². The maximum Gasteiger partial charge on any atom is 0.337 e. The summed E-state index contributed by atoms with van der Waals surface area (Å²) in [6.45, 7) is 5.61. The molecule has 1 heterocycles. The van der Waals surface area contributed by atoms with Gasteiger partial charge in [0.1, 0.15) is 5.00 Å². The first kappa shape index (κ1) is 40.3. The predicted octanol–water partition coefficient (Wildman–Crippen LogP) is 7.45. The number of sulfonamides is 1. The minimum Gasteiger partial charge on any atom is -0.466 e. The van der Waals surface area contributed by atoms with E-state index >= 15 is 0 Å². The second-order valence-electron chi connectivity index (χ2n) is 13.4. The highest BCUT2D eigenvalue weighted by molar-refractivity contribution is 7.89. The van der Waals surface area contributed by atoms with Crippen LogP contribution in [0.25, 0.3) is 0 Å². The molecule has 0 unspecified atom stereocenters. The molecule has 0 spiro atoms. The Bertz CT molecular complexity index is 2070. The summed E-state index contributed by atoms with van der Waals surface area (Å²) >= 11 is 1.39. The molecule has 0 aliphatic heterocycles. The highest BCUT2D eigenvalue weighted by Gasteiger charge is 2.29. The Labute approximate surface area is 321 Å². The van der Waals surface area contributed by atoms with Gasteiger partial charge in [0.25, 0.3) is 11.8 Å². The molecule has 0 saturated carbocycles. The first-order valence-corrected chi connectivity index (χ1v) is 20.5. The standard InChI is InChI=1S/C41H47N3O8S2/c1-5-52-36(45)14-9-25-44(27(2)3)54(49,50)33-11-8-10-31(26-33)38(46)43-40-37(34-12-6-7-13-35(34)53-40)39(47)42-32-23-19-29(20-24-32)16-15-28-17-21-30(22-18-28)41(48)51-4/h8,10-11,17-24,26-27H,5-7,9,12-16,25H2,1-4H3,(H,42,47)(H,43,46). The first-order chi connectivity index (χ1) is 25.9. The quantitative estimate of drug-likeness (QED) is 0.112. The largest absolute Gasteiger partial charge is 0.466 e. The Morgan fingerprint density at radius 3 is 2.17 bits per heavy atom. The molecule has 13 heteroatoms. The Morgan fingerprint density at radius 2 is 1.52 bits per heavy atom. The summed E-state index contributed by atoms with van der Waals surface area (Å²) in [5.41, 5.74) is 4.80. The van der Waals surface area contributed by atoms with Crippen LogP contribution in [0.1, 0.15) is 99.1 Å². The predicted molar refractivity (Wildman–Crippen MR) is 210 cm³/mol. The van der Waals surface area contributed by atoms with Crippen LogP contribution in [0, 0.1) is 0 Å². The molecule has 1 aliphatic rings. The molecular weight excluding hydrogens is 727 g/mol. The Balaban J connectivity index is 1.28. The van der Waals surface area contributed by atoms with E-state index in [1.165, 1.54) is 41.0 Å². The van der Waals surface area contributed by atoms with Gasteiger partial charge >= 0.3 is 11.9 Å². The smallest absolute Gasteiger partial charge is 0.337 e. The number of esters is 2. The van der Waals surface area contributed by atoms with Gasteiger partial charge in [-0.25, -0.2) is 13.2 Å². The number of benzene rings is 3. The van der Waals surface area contributed by atoms with Crippen LogP contribution >= 0.6 is 11.3 Å². The number of hydrogen-bond acceptors (Lipinski definition) is 9. The third-order valence-electron chi connectivity index (χ3n) is 9.26. The summed E-state index contributed by atoms with van der Waals surface area (Å²) in [5, 5.41) is 6.37. The van der Waals surface area contributed by atoms with Crippen molar-refractivity contribution in [3.05, 3.63) is 111 Å². The van der Waals surface area contributed by atoms with E-state index in [1.807, 2.05) is 36.4 Å². The molecule has 4 aromatic rings. The Morgan fingerprint density at radius 1 is 0.852 bits per heavy atom. The number of rotatable bonds is 16. The van der Waals surface area contributed by atoms with Gasteiger partial charge in [0.15, 0.2) is 0 Å². The number of methoxy groups -OCH3 is 1. The summed E-state index contributed by atoms with van der Waals surface area (Å²) in [5.74, 6) is -1.60. The number of nitrogens with zero attached hydrogens (tertiary/aromatic N) is 1. The zero-order valence-corrected chi connectivity index (χ0v) is 32.7. The van der Waals surface area contributed by atoms with Crippen molar-refractivity contribution in [1.82, 2.24) is 4.31 Å². The van der Waals surface area contributed by atoms with Crippen molar-refractivity contribution >= 4 is 55.8 Å². The molecule has 1 aromatic heterocycles. The molecule has 0 atom stereocenters. The summed E-state index contributed by atoms with van der Waals surface area (Å²) in [4.78, 5) is 52.1. The third kappa shape index (κ3) is 10.0. The SMILES string of the molecule is CCOC(=O)CCCN(C(C)C)S(=O)(=O)c1cccc(C(=O)Nc2sc3c(c2C(=O)Nc2ccc(CCc4ccc(C(=O)OC)cc4)cc2)CCCC3)c1. The number of anilines is 2. The first-order valence-electron chi connectivity index (χ1n) is 18.2. The molecule has 0 radical (unpaired) electrons. The zero-order valence-electron chi connectivity index (χ0n) is 31.1. The summed E-state index contributed by atoms with van der Waals surface area (Å²) in [7, 11) is -2.64. The van der Waals surface area contributed by atoms with Gasteiger partial charge in [-0.2, -0.15) is 4.31 Å². The molecule has 3 aromatic carbocycles. The van der Waals surface area contributed by atoms with Gasteiger partial charge in [-0.15, -0.1) is 11.3 Å². The summed E-state index contributed by atoms with van der Waals surface area (Å²) in [6.07, 6.45) is 5.40. The van der Waals surface area contributed by atoms with E-state index in [4.69, 9.17) is 9.47 Å². The van der Waals surface area contributed by atoms with Gasteiger partial charge in [0.05, 0.1) is 29.7 Å². The highest BCUT2D eigenvalue weighted by atomic mass is 32.2. The van der Waals surface area contributed by atoms with Crippen molar-refractivity contribution in [2.75, 3.05) is 30.9 Å². The van der Waals surface area contributed by atoms with Crippen LogP contribution in [0.4, 0.5) is 10.7 Å². The van der Waals surface area contributed by atoms with E-state index < -0.39 is 15.9 Å². The second kappa shape index (κ2) is 18.5. The topological polar surface area (TPSA) is 148 Å². The van der Waals surface area contributed by atoms with Crippen molar-refractivity contribution in [1.29, 1.82) is 0 Å². The molecule has 286 valence electrons. The van der Waals surface area contributed by atoms with Crippen molar-refractivity contribution in [2.24, 2.45) is 0 Å². The number of carbonyl (C=O) groups excluding carboxylic acids is 4. The van der Waals surface area contributed by atoms with Crippen LogP contribution in [-0.4, -0.2) is 62.8 Å². The van der Waals surface area contributed by atoms with Gasteiger partial charge in [-0.3, -0.25) is 14.4 Å². The lowest BCUT2D eigenvalue weighted by molar-refractivity contribution is -0.143. The molecule has 0 fully saturated rings. The van der Waals surface area contributed by atoms with Crippen molar-refractivity contribution < 1.29 is 37.1 Å². The van der Waals surface area contributed by atoms with Crippen molar-refractivity contribution in [3.63, 3.8) is 0 Å². The number of hydrogen-bond donors (Lipinski definition) is 2. The average molecular weight is 774 g/mol. The van der Waals surface area contributed by atoms with E-state index in [0.29, 0.717) is 28.2 Å². The Hall–Kier alpha value is -4.85. The molecule has 5 rings (SSSR count). The van der Waals surface area contributed by atoms with Gasteiger partial charge in [-0.1, -0.05) is 30.3 Å². The molecular formula is C41H47N3O8S2. The van der Waals surface area contributed by atoms with Gasteiger partial charge in [-0.05, 0) is 125 Å². The molecule has 11 nitrogen and oxygen atoms in total. The Kier molecular flexibility index (Phi) is 13.8.